The zero-order valence-corrected chi connectivity index (χ0v) is 9.11. The van der Waals surface area contributed by atoms with Gasteiger partial charge in [-0.2, -0.15) is 0 Å². The molecule has 0 spiro atoms. The zero-order chi connectivity index (χ0) is 12.1. The number of hydrogen-bond acceptors (Lipinski definition) is 3. The van der Waals surface area contributed by atoms with Gasteiger partial charge >= 0.3 is 11.9 Å². The van der Waals surface area contributed by atoms with E-state index < -0.39 is 25.5 Å². The van der Waals surface area contributed by atoms with E-state index >= 15 is 0 Å². The molecule has 88 valence electrons. The molecule has 0 radical (unpaired) electrons. The maximum atomic E-state index is 11.2. The molecule has 0 bridgehead atoms. The first kappa shape index (κ1) is 14.1. The second kappa shape index (κ2) is 5.85. The number of carboxylic acids is 2. The summed E-state index contributed by atoms with van der Waals surface area (Å²) >= 11 is 0. The number of aliphatic carboxylic acids is 2. The highest BCUT2D eigenvalue weighted by molar-refractivity contribution is 7.55. The molecule has 0 aromatic rings. The number of hydrogen-bond donors (Lipinski definition) is 4. The molecule has 4 N–H and O–H groups in total. The van der Waals surface area contributed by atoms with Crippen molar-refractivity contribution in [3.63, 3.8) is 0 Å². The van der Waals surface area contributed by atoms with E-state index in [1.807, 2.05) is 5.09 Å². The minimum Gasteiger partial charge on any atom is -0.481 e. The molecule has 0 rings (SSSR count). The average Bonchev–Trinajstić information content (AvgIpc) is 2.11. The van der Waals surface area contributed by atoms with Gasteiger partial charge in [-0.25, -0.2) is 5.09 Å². The predicted molar refractivity (Wildman–Crippen MR) is 51.8 cm³/mol. The molecule has 0 aromatic carbocycles. The second-order valence-electron chi connectivity index (χ2n) is 2.97. The van der Waals surface area contributed by atoms with Crippen molar-refractivity contribution in [2.45, 2.75) is 25.8 Å². The molecular formula is C7H14NO6P. The van der Waals surface area contributed by atoms with Crippen LogP contribution in [0.15, 0.2) is 0 Å². The van der Waals surface area contributed by atoms with Crippen LogP contribution in [0.3, 0.4) is 0 Å². The van der Waals surface area contributed by atoms with E-state index in [0.29, 0.717) is 0 Å². The molecule has 2 unspecified atom stereocenters. The standard InChI is InChI=1S/C7H14NO6P/c1-2-15(13,14)8-5(7(11)12)3-4-6(9)10/h5H,2-4H2,1H3,(H,9,10)(H,11,12)(H2,8,13,14). The highest BCUT2D eigenvalue weighted by Crippen LogP contribution is 2.35. The lowest BCUT2D eigenvalue weighted by Crippen LogP contribution is -2.35. The third-order valence-corrected chi connectivity index (χ3v) is 3.30. The molecule has 0 saturated heterocycles. The summed E-state index contributed by atoms with van der Waals surface area (Å²) < 4.78 is 11.2. The van der Waals surface area contributed by atoms with Crippen molar-refractivity contribution in [3.05, 3.63) is 0 Å². The van der Waals surface area contributed by atoms with Gasteiger partial charge < -0.3 is 15.1 Å². The number of rotatable bonds is 7. The van der Waals surface area contributed by atoms with E-state index in [2.05, 4.69) is 0 Å². The molecule has 15 heavy (non-hydrogen) atoms. The molecule has 0 aliphatic heterocycles. The number of carbonyl (C=O) groups is 2. The Morgan fingerprint density at radius 2 is 1.93 bits per heavy atom. The lowest BCUT2D eigenvalue weighted by Gasteiger charge is -2.17. The predicted octanol–water partition coefficient (Wildman–Crippen LogP) is 0.0993. The van der Waals surface area contributed by atoms with Crippen LogP contribution in [0.2, 0.25) is 0 Å². The molecule has 2 atom stereocenters. The third kappa shape index (κ3) is 6.22. The van der Waals surface area contributed by atoms with Gasteiger partial charge in [0.1, 0.15) is 6.04 Å². The Morgan fingerprint density at radius 1 is 1.40 bits per heavy atom. The van der Waals surface area contributed by atoms with Crippen molar-refractivity contribution >= 4 is 19.5 Å². The van der Waals surface area contributed by atoms with E-state index in [0.717, 1.165) is 0 Å². The van der Waals surface area contributed by atoms with Crippen LogP contribution in [-0.4, -0.2) is 39.2 Å². The maximum Gasteiger partial charge on any atom is 0.321 e. The molecule has 0 saturated carbocycles. The van der Waals surface area contributed by atoms with Crippen molar-refractivity contribution in [1.29, 1.82) is 0 Å². The minimum atomic E-state index is -3.67. The molecule has 0 fully saturated rings. The molecule has 0 amide bonds. The van der Waals surface area contributed by atoms with Gasteiger partial charge in [0.25, 0.3) is 7.52 Å². The van der Waals surface area contributed by atoms with E-state index in [4.69, 9.17) is 15.1 Å². The molecule has 0 heterocycles. The van der Waals surface area contributed by atoms with Crippen molar-refractivity contribution in [2.24, 2.45) is 0 Å². The zero-order valence-electron chi connectivity index (χ0n) is 8.21. The monoisotopic (exact) mass is 239 g/mol. The van der Waals surface area contributed by atoms with Crippen LogP contribution in [0, 0.1) is 0 Å². The highest BCUT2D eigenvalue weighted by Gasteiger charge is 2.26. The van der Waals surface area contributed by atoms with Crippen molar-refractivity contribution in [1.82, 2.24) is 5.09 Å². The van der Waals surface area contributed by atoms with E-state index in [1.54, 1.807) is 0 Å². The largest absolute Gasteiger partial charge is 0.481 e. The van der Waals surface area contributed by atoms with Crippen LogP contribution in [0.5, 0.6) is 0 Å². The molecule has 8 heteroatoms. The van der Waals surface area contributed by atoms with E-state index in [9.17, 15) is 14.2 Å². The summed E-state index contributed by atoms with van der Waals surface area (Å²) in [7, 11) is -3.67. The summed E-state index contributed by atoms with van der Waals surface area (Å²) in [6, 6.07) is -1.31. The van der Waals surface area contributed by atoms with Crippen molar-refractivity contribution in [3.8, 4) is 0 Å². The van der Waals surface area contributed by atoms with Gasteiger partial charge in [0.15, 0.2) is 0 Å². The Bertz CT molecular complexity index is 291. The molecule has 0 aliphatic carbocycles. The third-order valence-electron chi connectivity index (χ3n) is 1.73. The summed E-state index contributed by atoms with van der Waals surface area (Å²) in [4.78, 5) is 30.0. The fourth-order valence-corrected chi connectivity index (χ4v) is 1.75. The van der Waals surface area contributed by atoms with Gasteiger partial charge in [-0.1, -0.05) is 6.92 Å². The second-order valence-corrected chi connectivity index (χ2v) is 5.26. The fraction of sp³-hybridized carbons (Fsp3) is 0.714. The van der Waals surface area contributed by atoms with Crippen LogP contribution in [0.1, 0.15) is 19.8 Å². The first-order valence-corrected chi connectivity index (χ1v) is 6.17. The quantitative estimate of drug-likeness (QED) is 0.464. The average molecular weight is 239 g/mol. The molecule has 7 nitrogen and oxygen atoms in total. The Morgan fingerprint density at radius 3 is 2.27 bits per heavy atom. The lowest BCUT2D eigenvalue weighted by molar-refractivity contribution is -0.140. The normalized spacial score (nSPS) is 16.7. The lowest BCUT2D eigenvalue weighted by atomic mass is 10.2. The number of carboxylic acid groups (broad SMARTS) is 2. The molecular weight excluding hydrogens is 225 g/mol. The summed E-state index contributed by atoms with van der Waals surface area (Å²) in [5.74, 6) is -2.48. The van der Waals surface area contributed by atoms with Gasteiger partial charge in [-0.15, -0.1) is 0 Å². The summed E-state index contributed by atoms with van der Waals surface area (Å²) in [6.45, 7) is 1.43. The summed E-state index contributed by atoms with van der Waals surface area (Å²) in [5.41, 5.74) is 0. The molecule has 0 aromatic heterocycles. The SMILES string of the molecule is CCP(=O)(O)NC(CCC(=O)O)C(=O)O. The Hall–Kier alpha value is -0.910. The van der Waals surface area contributed by atoms with Crippen LogP contribution in [-0.2, 0) is 14.2 Å². The van der Waals surface area contributed by atoms with Gasteiger partial charge in [0.2, 0.25) is 0 Å². The molecule has 0 aliphatic rings. The van der Waals surface area contributed by atoms with Gasteiger partial charge in [-0.3, -0.25) is 14.2 Å². The van der Waals surface area contributed by atoms with Gasteiger partial charge in [0, 0.05) is 12.6 Å². The van der Waals surface area contributed by atoms with Crippen molar-refractivity contribution < 1.29 is 29.3 Å². The van der Waals surface area contributed by atoms with Gasteiger partial charge in [0.05, 0.1) is 0 Å². The van der Waals surface area contributed by atoms with Crippen molar-refractivity contribution in [2.75, 3.05) is 6.16 Å². The highest BCUT2D eigenvalue weighted by atomic mass is 31.2. The van der Waals surface area contributed by atoms with E-state index in [-0.39, 0.29) is 19.0 Å². The Kier molecular flexibility index (Phi) is 5.49. The summed E-state index contributed by atoms with van der Waals surface area (Å²) in [6.07, 6.45) is -0.702. The van der Waals surface area contributed by atoms with E-state index in [1.165, 1.54) is 6.92 Å². The fourth-order valence-electron chi connectivity index (χ4n) is 0.846. The smallest absolute Gasteiger partial charge is 0.321 e. The maximum absolute atomic E-state index is 11.2. The van der Waals surface area contributed by atoms with Crippen LogP contribution in [0.4, 0.5) is 0 Å². The topological polar surface area (TPSA) is 124 Å². The summed E-state index contributed by atoms with van der Waals surface area (Å²) in [5, 5.41) is 19.1. The minimum absolute atomic E-state index is 0.107. The first-order chi connectivity index (χ1) is 6.78. The van der Waals surface area contributed by atoms with Crippen LogP contribution in [0.25, 0.3) is 0 Å². The Labute approximate surface area is 86.6 Å². The van der Waals surface area contributed by atoms with Gasteiger partial charge in [-0.05, 0) is 6.42 Å². The number of nitrogens with one attached hydrogen (secondary N) is 1. The Balaban J connectivity index is 4.35. The van der Waals surface area contributed by atoms with Crippen LogP contribution >= 0.6 is 7.52 Å². The van der Waals surface area contributed by atoms with Crippen LogP contribution < -0.4 is 5.09 Å². The first-order valence-electron chi connectivity index (χ1n) is 4.32.